The molecule has 1 aromatic rings. The van der Waals surface area contributed by atoms with E-state index in [9.17, 15) is 5.11 Å². The first kappa shape index (κ1) is 12.1. The summed E-state index contributed by atoms with van der Waals surface area (Å²) in [7, 11) is 0. The van der Waals surface area contributed by atoms with Crippen LogP contribution in [0.15, 0.2) is 30.3 Å². The second-order valence-corrected chi connectivity index (χ2v) is 4.33. The summed E-state index contributed by atoms with van der Waals surface area (Å²) in [6.07, 6.45) is 0.768. The molecular formula is C13H21NO. The van der Waals surface area contributed by atoms with Crippen molar-refractivity contribution in [3.63, 3.8) is 0 Å². The zero-order chi connectivity index (χ0) is 11.3. The Bertz CT molecular complexity index is 284. The molecule has 1 aromatic carbocycles. The molecule has 2 N–H and O–H groups in total. The monoisotopic (exact) mass is 207 g/mol. The molecule has 2 nitrogen and oxygen atoms in total. The largest absolute Gasteiger partial charge is 0.388 e. The molecule has 1 atom stereocenters. The van der Waals surface area contributed by atoms with Crippen LogP contribution in [0.1, 0.15) is 27.2 Å². The Morgan fingerprint density at radius 1 is 1.27 bits per heavy atom. The topological polar surface area (TPSA) is 32.3 Å². The summed E-state index contributed by atoms with van der Waals surface area (Å²) in [5.74, 6) is 0.263. The maximum atomic E-state index is 10.3. The molecule has 0 radical (unpaired) electrons. The van der Waals surface area contributed by atoms with Crippen molar-refractivity contribution >= 4 is 5.69 Å². The van der Waals surface area contributed by atoms with Gasteiger partial charge in [0.05, 0.1) is 5.60 Å². The van der Waals surface area contributed by atoms with E-state index in [0.29, 0.717) is 6.54 Å². The molecule has 0 heterocycles. The van der Waals surface area contributed by atoms with Crippen LogP contribution in [0.3, 0.4) is 0 Å². The number of hydrogen-bond acceptors (Lipinski definition) is 2. The zero-order valence-electron chi connectivity index (χ0n) is 9.83. The Balaban J connectivity index is 2.55. The van der Waals surface area contributed by atoms with Crippen molar-refractivity contribution in [1.82, 2.24) is 0 Å². The van der Waals surface area contributed by atoms with E-state index in [1.807, 2.05) is 37.3 Å². The van der Waals surface area contributed by atoms with Crippen LogP contribution in [0.2, 0.25) is 0 Å². The fraction of sp³-hybridized carbons (Fsp3) is 0.538. The minimum absolute atomic E-state index is 0.263. The van der Waals surface area contributed by atoms with Crippen molar-refractivity contribution < 1.29 is 5.11 Å². The first-order valence-electron chi connectivity index (χ1n) is 5.60. The van der Waals surface area contributed by atoms with Gasteiger partial charge in [0, 0.05) is 12.2 Å². The first-order chi connectivity index (χ1) is 7.08. The van der Waals surface area contributed by atoms with Gasteiger partial charge in [-0.15, -0.1) is 0 Å². The molecule has 0 spiro atoms. The number of rotatable bonds is 5. The van der Waals surface area contributed by atoms with Gasteiger partial charge in [-0.25, -0.2) is 0 Å². The molecule has 0 saturated heterocycles. The van der Waals surface area contributed by atoms with Crippen molar-refractivity contribution in [3.8, 4) is 0 Å². The summed E-state index contributed by atoms with van der Waals surface area (Å²) in [6.45, 7) is 6.73. The Hall–Kier alpha value is -1.02. The first-order valence-corrected chi connectivity index (χ1v) is 5.60. The van der Waals surface area contributed by atoms with Crippen LogP contribution in [-0.2, 0) is 0 Å². The highest BCUT2D eigenvalue weighted by Crippen LogP contribution is 2.21. The Labute approximate surface area is 92.3 Å². The third-order valence-electron chi connectivity index (χ3n) is 3.06. The van der Waals surface area contributed by atoms with E-state index in [-0.39, 0.29) is 5.92 Å². The van der Waals surface area contributed by atoms with Crippen molar-refractivity contribution in [2.75, 3.05) is 11.9 Å². The van der Waals surface area contributed by atoms with Gasteiger partial charge >= 0.3 is 0 Å². The van der Waals surface area contributed by atoms with Crippen molar-refractivity contribution in [3.05, 3.63) is 30.3 Å². The molecule has 0 aliphatic rings. The third kappa shape index (κ3) is 3.24. The van der Waals surface area contributed by atoms with Crippen molar-refractivity contribution in [1.29, 1.82) is 0 Å². The zero-order valence-corrected chi connectivity index (χ0v) is 9.83. The molecule has 0 aliphatic heterocycles. The molecular weight excluding hydrogens is 186 g/mol. The lowest BCUT2D eigenvalue weighted by Gasteiger charge is -2.31. The Morgan fingerprint density at radius 3 is 2.33 bits per heavy atom. The van der Waals surface area contributed by atoms with E-state index < -0.39 is 5.60 Å². The molecule has 0 amide bonds. The Morgan fingerprint density at radius 2 is 1.87 bits per heavy atom. The van der Waals surface area contributed by atoms with Gasteiger partial charge in [-0.2, -0.15) is 0 Å². The van der Waals surface area contributed by atoms with Crippen molar-refractivity contribution in [2.24, 2.45) is 5.92 Å². The number of nitrogens with one attached hydrogen (secondary N) is 1. The lowest BCUT2D eigenvalue weighted by Crippen LogP contribution is -2.41. The molecule has 84 valence electrons. The molecule has 0 saturated carbocycles. The maximum Gasteiger partial charge on any atom is 0.0839 e. The van der Waals surface area contributed by atoms with E-state index in [1.165, 1.54) is 0 Å². The van der Waals surface area contributed by atoms with Gasteiger partial charge in [0.25, 0.3) is 0 Å². The average molecular weight is 207 g/mol. The van der Waals surface area contributed by atoms with E-state index in [4.69, 9.17) is 0 Å². The summed E-state index contributed by atoms with van der Waals surface area (Å²) in [5.41, 5.74) is 0.445. The summed E-state index contributed by atoms with van der Waals surface area (Å²) >= 11 is 0. The summed E-state index contributed by atoms with van der Waals surface area (Å²) in [5, 5.41) is 13.6. The number of benzene rings is 1. The Kier molecular flexibility index (Phi) is 4.15. The lowest BCUT2D eigenvalue weighted by molar-refractivity contribution is 0.00418. The van der Waals surface area contributed by atoms with Crippen LogP contribution in [0.5, 0.6) is 0 Å². The summed E-state index contributed by atoms with van der Waals surface area (Å²) in [6, 6.07) is 9.98. The molecule has 1 rings (SSSR count). The third-order valence-corrected chi connectivity index (χ3v) is 3.06. The SMILES string of the molecule is CCC(O)(CNc1ccccc1)C(C)C. The predicted molar refractivity (Wildman–Crippen MR) is 65.0 cm³/mol. The van der Waals surface area contributed by atoms with E-state index in [2.05, 4.69) is 19.2 Å². The molecule has 0 aliphatic carbocycles. The number of hydrogen-bond donors (Lipinski definition) is 2. The molecule has 1 unspecified atom stereocenters. The highest BCUT2D eigenvalue weighted by atomic mass is 16.3. The summed E-state index contributed by atoms with van der Waals surface area (Å²) < 4.78 is 0. The number of anilines is 1. The van der Waals surface area contributed by atoms with E-state index in [1.54, 1.807) is 0 Å². The van der Waals surface area contributed by atoms with Crippen LogP contribution in [-0.4, -0.2) is 17.3 Å². The molecule has 0 fully saturated rings. The molecule has 0 bridgehead atoms. The highest BCUT2D eigenvalue weighted by Gasteiger charge is 2.28. The van der Waals surface area contributed by atoms with Gasteiger partial charge in [0.2, 0.25) is 0 Å². The summed E-state index contributed by atoms with van der Waals surface area (Å²) in [4.78, 5) is 0. The minimum Gasteiger partial charge on any atom is -0.388 e. The number of aliphatic hydroxyl groups is 1. The van der Waals surface area contributed by atoms with Gasteiger partial charge < -0.3 is 10.4 Å². The van der Waals surface area contributed by atoms with Crippen molar-refractivity contribution in [2.45, 2.75) is 32.8 Å². The second kappa shape index (κ2) is 5.17. The standard InChI is InChI=1S/C13H21NO/c1-4-13(15,11(2)3)10-14-12-8-6-5-7-9-12/h5-9,11,14-15H,4,10H2,1-3H3. The fourth-order valence-corrected chi connectivity index (χ4v) is 1.55. The van der Waals surface area contributed by atoms with Crippen LogP contribution in [0.4, 0.5) is 5.69 Å². The van der Waals surface area contributed by atoms with E-state index >= 15 is 0 Å². The van der Waals surface area contributed by atoms with Crippen LogP contribution >= 0.6 is 0 Å². The quantitative estimate of drug-likeness (QED) is 0.778. The van der Waals surface area contributed by atoms with Crippen LogP contribution < -0.4 is 5.32 Å². The molecule has 0 aromatic heterocycles. The molecule has 15 heavy (non-hydrogen) atoms. The normalized spacial score (nSPS) is 15.0. The van der Waals surface area contributed by atoms with Gasteiger partial charge in [0.1, 0.15) is 0 Å². The smallest absolute Gasteiger partial charge is 0.0839 e. The highest BCUT2D eigenvalue weighted by molar-refractivity contribution is 5.42. The van der Waals surface area contributed by atoms with Gasteiger partial charge in [0.15, 0.2) is 0 Å². The maximum absolute atomic E-state index is 10.3. The van der Waals surface area contributed by atoms with Crippen LogP contribution in [0, 0.1) is 5.92 Å². The predicted octanol–water partition coefficient (Wildman–Crippen LogP) is 2.90. The molecule has 2 heteroatoms. The van der Waals surface area contributed by atoms with Gasteiger partial charge in [-0.05, 0) is 24.5 Å². The lowest BCUT2D eigenvalue weighted by atomic mass is 9.87. The van der Waals surface area contributed by atoms with E-state index in [0.717, 1.165) is 12.1 Å². The fourth-order valence-electron chi connectivity index (χ4n) is 1.55. The second-order valence-electron chi connectivity index (χ2n) is 4.33. The number of para-hydroxylation sites is 1. The van der Waals surface area contributed by atoms with Crippen LogP contribution in [0.25, 0.3) is 0 Å². The van der Waals surface area contributed by atoms with Gasteiger partial charge in [-0.1, -0.05) is 39.0 Å². The van der Waals surface area contributed by atoms with Gasteiger partial charge in [-0.3, -0.25) is 0 Å². The average Bonchev–Trinajstić information content (AvgIpc) is 2.27. The minimum atomic E-state index is -0.615.